The standard InChI is InChI=1S/C20H28O6/c1-13(19(23)15-7-3-4-8-15)25-17(21)11-12-18(22)26-14(2)20(24)16-9-5-6-10-16/h11-16H,3-10H2,1-2H3/b12-11+. The molecule has 2 aliphatic rings. The number of carbonyl (C=O) groups excluding carboxylic acids is 4. The Morgan fingerprint density at radius 3 is 1.31 bits per heavy atom. The fourth-order valence-corrected chi connectivity index (χ4v) is 3.76. The summed E-state index contributed by atoms with van der Waals surface area (Å²) in [6, 6.07) is 0. The van der Waals surface area contributed by atoms with Gasteiger partial charge in [-0.05, 0) is 39.5 Å². The van der Waals surface area contributed by atoms with Crippen LogP contribution in [0.2, 0.25) is 0 Å². The number of rotatable bonds is 8. The van der Waals surface area contributed by atoms with Crippen molar-refractivity contribution in [1.29, 1.82) is 0 Å². The van der Waals surface area contributed by atoms with Crippen molar-refractivity contribution in [2.45, 2.75) is 77.4 Å². The smallest absolute Gasteiger partial charge is 0.331 e. The van der Waals surface area contributed by atoms with E-state index in [1.54, 1.807) is 13.8 Å². The second-order valence-electron chi connectivity index (χ2n) is 7.26. The van der Waals surface area contributed by atoms with Crippen molar-refractivity contribution in [2.75, 3.05) is 0 Å². The first-order chi connectivity index (χ1) is 12.4. The molecule has 2 fully saturated rings. The van der Waals surface area contributed by atoms with Crippen LogP contribution in [0.1, 0.15) is 65.2 Å². The number of carbonyl (C=O) groups is 4. The molecular formula is C20H28O6. The van der Waals surface area contributed by atoms with E-state index < -0.39 is 24.1 Å². The molecule has 0 heterocycles. The lowest BCUT2D eigenvalue weighted by atomic mass is 9.99. The molecular weight excluding hydrogens is 336 g/mol. The number of hydrogen-bond donors (Lipinski definition) is 0. The molecule has 0 radical (unpaired) electrons. The van der Waals surface area contributed by atoms with E-state index in [1.165, 1.54) is 0 Å². The van der Waals surface area contributed by atoms with Gasteiger partial charge in [-0.2, -0.15) is 0 Å². The highest BCUT2D eigenvalue weighted by Crippen LogP contribution is 2.27. The molecule has 2 aliphatic carbocycles. The maximum Gasteiger partial charge on any atom is 0.331 e. The molecule has 2 unspecified atom stereocenters. The average molecular weight is 364 g/mol. The highest BCUT2D eigenvalue weighted by atomic mass is 16.6. The van der Waals surface area contributed by atoms with Crippen LogP contribution in [-0.2, 0) is 28.7 Å². The lowest BCUT2D eigenvalue weighted by molar-refractivity contribution is -0.152. The van der Waals surface area contributed by atoms with E-state index in [2.05, 4.69) is 0 Å². The van der Waals surface area contributed by atoms with E-state index in [9.17, 15) is 19.2 Å². The van der Waals surface area contributed by atoms with Crippen molar-refractivity contribution < 1.29 is 28.7 Å². The Morgan fingerprint density at radius 1 is 0.692 bits per heavy atom. The van der Waals surface area contributed by atoms with Crippen LogP contribution in [0.3, 0.4) is 0 Å². The lowest BCUT2D eigenvalue weighted by Crippen LogP contribution is -2.29. The van der Waals surface area contributed by atoms with Gasteiger partial charge in [0.05, 0.1) is 0 Å². The molecule has 144 valence electrons. The summed E-state index contributed by atoms with van der Waals surface area (Å²) in [5.41, 5.74) is 0. The van der Waals surface area contributed by atoms with Crippen molar-refractivity contribution in [3.63, 3.8) is 0 Å². The number of esters is 2. The van der Waals surface area contributed by atoms with Gasteiger partial charge in [-0.1, -0.05) is 25.7 Å². The maximum absolute atomic E-state index is 12.1. The van der Waals surface area contributed by atoms with Gasteiger partial charge in [0.2, 0.25) is 0 Å². The minimum Gasteiger partial charge on any atom is -0.451 e. The molecule has 2 atom stereocenters. The first-order valence-electron chi connectivity index (χ1n) is 9.55. The highest BCUT2D eigenvalue weighted by molar-refractivity contribution is 5.95. The van der Waals surface area contributed by atoms with Crippen LogP contribution in [-0.4, -0.2) is 35.7 Å². The molecule has 6 nitrogen and oxygen atoms in total. The SMILES string of the molecule is CC(OC(=O)/C=C/C(=O)OC(C)C(=O)C1CCCC1)C(=O)C1CCCC1. The zero-order chi connectivity index (χ0) is 19.1. The Kier molecular flexibility index (Phi) is 7.54. The van der Waals surface area contributed by atoms with Gasteiger partial charge in [0.1, 0.15) is 0 Å². The Morgan fingerprint density at radius 2 is 1.00 bits per heavy atom. The summed E-state index contributed by atoms with van der Waals surface area (Å²) in [7, 11) is 0. The fraction of sp³-hybridized carbons (Fsp3) is 0.700. The third-order valence-electron chi connectivity index (χ3n) is 5.26. The topological polar surface area (TPSA) is 86.7 Å². The molecule has 0 aromatic heterocycles. The summed E-state index contributed by atoms with van der Waals surface area (Å²) in [6.45, 7) is 3.10. The predicted molar refractivity (Wildman–Crippen MR) is 94.2 cm³/mol. The molecule has 0 N–H and O–H groups in total. The first kappa shape index (κ1) is 20.3. The molecule has 0 spiro atoms. The quantitative estimate of drug-likeness (QED) is 0.486. The molecule has 0 amide bonds. The Bertz CT molecular complexity index is 517. The van der Waals surface area contributed by atoms with Crippen LogP contribution < -0.4 is 0 Å². The van der Waals surface area contributed by atoms with Gasteiger partial charge in [-0.15, -0.1) is 0 Å². The van der Waals surface area contributed by atoms with E-state index in [-0.39, 0.29) is 23.4 Å². The summed E-state index contributed by atoms with van der Waals surface area (Å²) >= 11 is 0. The molecule has 6 heteroatoms. The summed E-state index contributed by atoms with van der Waals surface area (Å²) in [4.78, 5) is 47.8. The van der Waals surface area contributed by atoms with Crippen molar-refractivity contribution >= 4 is 23.5 Å². The Balaban J connectivity index is 1.74. The minimum atomic E-state index is -0.825. The number of ether oxygens (including phenoxy) is 2. The minimum absolute atomic E-state index is 0.0332. The third-order valence-corrected chi connectivity index (χ3v) is 5.26. The van der Waals surface area contributed by atoms with E-state index in [1.807, 2.05) is 0 Å². The van der Waals surface area contributed by atoms with Crippen molar-refractivity contribution in [1.82, 2.24) is 0 Å². The lowest BCUT2D eigenvalue weighted by Gasteiger charge is -2.15. The van der Waals surface area contributed by atoms with Gasteiger partial charge < -0.3 is 9.47 Å². The van der Waals surface area contributed by atoms with E-state index >= 15 is 0 Å². The van der Waals surface area contributed by atoms with E-state index in [0.29, 0.717) is 0 Å². The zero-order valence-corrected chi connectivity index (χ0v) is 15.6. The molecule has 0 aromatic rings. The van der Waals surface area contributed by atoms with E-state index in [0.717, 1.165) is 63.5 Å². The highest BCUT2D eigenvalue weighted by Gasteiger charge is 2.29. The van der Waals surface area contributed by atoms with Crippen LogP contribution in [0.15, 0.2) is 12.2 Å². The second kappa shape index (κ2) is 9.64. The van der Waals surface area contributed by atoms with Crippen LogP contribution in [0, 0.1) is 11.8 Å². The molecule has 2 rings (SSSR count). The second-order valence-corrected chi connectivity index (χ2v) is 7.26. The van der Waals surface area contributed by atoms with Gasteiger partial charge in [0, 0.05) is 24.0 Å². The summed E-state index contributed by atoms with van der Waals surface area (Å²) in [5, 5.41) is 0. The molecule has 0 aromatic carbocycles. The van der Waals surface area contributed by atoms with E-state index in [4.69, 9.17) is 9.47 Å². The summed E-state index contributed by atoms with van der Waals surface area (Å²) in [6.07, 6.45) is 7.71. The van der Waals surface area contributed by atoms with Crippen LogP contribution in [0.4, 0.5) is 0 Å². The Hall–Kier alpha value is -1.98. The Labute approximate surface area is 154 Å². The van der Waals surface area contributed by atoms with Crippen LogP contribution in [0.5, 0.6) is 0 Å². The van der Waals surface area contributed by atoms with Crippen molar-refractivity contribution in [3.8, 4) is 0 Å². The third kappa shape index (κ3) is 5.78. The number of ketones is 2. The van der Waals surface area contributed by atoms with Crippen molar-refractivity contribution in [3.05, 3.63) is 12.2 Å². The van der Waals surface area contributed by atoms with Crippen molar-refractivity contribution in [2.24, 2.45) is 11.8 Å². The largest absolute Gasteiger partial charge is 0.451 e. The molecule has 2 saturated carbocycles. The number of hydrogen-bond acceptors (Lipinski definition) is 6. The van der Waals surface area contributed by atoms with Gasteiger partial charge in [-0.3, -0.25) is 9.59 Å². The molecule has 0 saturated heterocycles. The molecule has 0 aliphatic heterocycles. The zero-order valence-electron chi connectivity index (χ0n) is 15.6. The summed E-state index contributed by atoms with van der Waals surface area (Å²) < 4.78 is 10.1. The van der Waals surface area contributed by atoms with Gasteiger partial charge in [0.25, 0.3) is 0 Å². The van der Waals surface area contributed by atoms with Crippen LogP contribution in [0.25, 0.3) is 0 Å². The maximum atomic E-state index is 12.1. The molecule has 0 bridgehead atoms. The fourth-order valence-electron chi connectivity index (χ4n) is 3.76. The predicted octanol–water partition coefficient (Wildman–Crippen LogP) is 2.92. The number of Topliss-reactive ketones (excluding diaryl/α,β-unsaturated/α-hetero) is 2. The first-order valence-corrected chi connectivity index (χ1v) is 9.55. The summed E-state index contributed by atoms with van der Waals surface area (Å²) in [5.74, 6) is -1.74. The van der Waals surface area contributed by atoms with Crippen LogP contribution >= 0.6 is 0 Å². The normalized spacial score (nSPS) is 20.8. The molecule has 26 heavy (non-hydrogen) atoms. The average Bonchev–Trinajstić information content (AvgIpc) is 3.31. The monoisotopic (exact) mass is 364 g/mol. The van der Waals surface area contributed by atoms with Gasteiger partial charge >= 0.3 is 11.9 Å². The van der Waals surface area contributed by atoms with Gasteiger partial charge in [0.15, 0.2) is 23.8 Å². The van der Waals surface area contributed by atoms with Gasteiger partial charge in [-0.25, -0.2) is 9.59 Å².